The van der Waals surface area contributed by atoms with Gasteiger partial charge in [-0.3, -0.25) is 15.0 Å². The van der Waals surface area contributed by atoms with Crippen LogP contribution in [0, 0.1) is 0 Å². The summed E-state index contributed by atoms with van der Waals surface area (Å²) in [6.45, 7) is 5.99. The number of benzene rings is 3. The van der Waals surface area contributed by atoms with Crippen molar-refractivity contribution in [1.29, 1.82) is 0 Å². The molecule has 3 aromatic rings. The molecule has 0 radical (unpaired) electrons. The highest BCUT2D eigenvalue weighted by Crippen LogP contribution is 2.44. The molecule has 0 spiro atoms. The summed E-state index contributed by atoms with van der Waals surface area (Å²) in [5, 5.41) is 9.07. The van der Waals surface area contributed by atoms with Crippen molar-refractivity contribution in [2.45, 2.75) is 63.8 Å². The van der Waals surface area contributed by atoms with E-state index in [2.05, 4.69) is 10.9 Å². The second-order valence-electron chi connectivity index (χ2n) is 12.1. The number of methoxy groups -OCH3 is 3. The van der Waals surface area contributed by atoms with Crippen molar-refractivity contribution in [2.75, 3.05) is 34.5 Å². The maximum absolute atomic E-state index is 14.4. The Kier molecular flexibility index (Phi) is 12.3. The molecule has 4 rings (SSSR count). The number of rotatable bonds is 16. The lowest BCUT2D eigenvalue weighted by molar-refractivity contribution is -0.155. The van der Waals surface area contributed by atoms with Crippen LogP contribution in [0.5, 0.6) is 23.0 Å². The van der Waals surface area contributed by atoms with Crippen LogP contribution in [-0.4, -0.2) is 68.6 Å². The van der Waals surface area contributed by atoms with Gasteiger partial charge in [-0.25, -0.2) is 10.4 Å². The van der Waals surface area contributed by atoms with Crippen molar-refractivity contribution in [1.82, 2.24) is 10.9 Å². The molecule has 3 aromatic carbocycles. The van der Waals surface area contributed by atoms with Crippen LogP contribution in [0.25, 0.3) is 0 Å². The minimum Gasteiger partial charge on any atom is -0.497 e. The number of aliphatic hydroxyl groups is 1. The molecule has 1 amide bonds. The summed E-state index contributed by atoms with van der Waals surface area (Å²) in [4.78, 5) is 32.3. The number of aliphatic hydroxyl groups excluding tert-OH is 1. The number of hydrogen-bond donors (Lipinski definition) is 3. The zero-order chi connectivity index (χ0) is 34.7. The quantitative estimate of drug-likeness (QED) is 0.112. The van der Waals surface area contributed by atoms with Gasteiger partial charge in [-0.05, 0) is 75.2 Å². The fraction of sp³-hybridized carbons (Fsp3) is 0.417. The van der Waals surface area contributed by atoms with Crippen LogP contribution in [0.4, 0.5) is 0 Å². The van der Waals surface area contributed by atoms with Crippen LogP contribution in [0.15, 0.2) is 71.7 Å². The largest absolute Gasteiger partial charge is 0.497 e. The highest BCUT2D eigenvalue weighted by atomic mass is 16.6. The molecule has 0 bridgehead atoms. The van der Waals surface area contributed by atoms with Gasteiger partial charge in [-0.15, -0.1) is 0 Å². The summed E-state index contributed by atoms with van der Waals surface area (Å²) in [6.07, 6.45) is -0.540. The van der Waals surface area contributed by atoms with Gasteiger partial charge in [-0.1, -0.05) is 18.2 Å². The molecule has 12 nitrogen and oxygen atoms in total. The SMILES string of the molecule is COc1cccc([C@@H]2OC(c3ccc(OCCCO)cc3)=N[C@]2(CCC(=O)OC(C)(C)C)C(=O)NNCc2ccc(OC)cc2OC)c1. The van der Waals surface area contributed by atoms with Gasteiger partial charge in [0.05, 0.1) is 27.9 Å². The zero-order valence-corrected chi connectivity index (χ0v) is 28.3. The predicted molar refractivity (Wildman–Crippen MR) is 179 cm³/mol. The van der Waals surface area contributed by atoms with Crippen molar-refractivity contribution in [3.05, 3.63) is 83.4 Å². The average Bonchev–Trinajstić information content (AvgIpc) is 3.48. The van der Waals surface area contributed by atoms with Crippen molar-refractivity contribution in [3.8, 4) is 23.0 Å². The highest BCUT2D eigenvalue weighted by molar-refractivity contribution is 6.01. The van der Waals surface area contributed by atoms with Gasteiger partial charge in [0, 0.05) is 43.2 Å². The first-order chi connectivity index (χ1) is 23.0. The Morgan fingerprint density at radius 3 is 2.31 bits per heavy atom. The summed E-state index contributed by atoms with van der Waals surface area (Å²) < 4.78 is 34.1. The average molecular weight is 664 g/mol. The highest BCUT2D eigenvalue weighted by Gasteiger charge is 2.53. The molecule has 0 saturated heterocycles. The second kappa shape index (κ2) is 16.3. The lowest BCUT2D eigenvalue weighted by Gasteiger charge is -2.31. The van der Waals surface area contributed by atoms with E-state index in [0.717, 1.165) is 5.56 Å². The van der Waals surface area contributed by atoms with Crippen molar-refractivity contribution < 1.29 is 43.1 Å². The van der Waals surface area contributed by atoms with E-state index in [-0.39, 0.29) is 31.9 Å². The van der Waals surface area contributed by atoms with Gasteiger partial charge in [-0.2, -0.15) is 0 Å². The summed E-state index contributed by atoms with van der Waals surface area (Å²) in [5.41, 5.74) is 5.54. The first-order valence-corrected chi connectivity index (χ1v) is 15.7. The summed E-state index contributed by atoms with van der Waals surface area (Å²) >= 11 is 0. The Labute approximate surface area is 281 Å². The first-order valence-electron chi connectivity index (χ1n) is 15.7. The fourth-order valence-corrected chi connectivity index (χ4v) is 5.19. The molecular weight excluding hydrogens is 618 g/mol. The molecule has 0 aliphatic carbocycles. The number of nitrogens with zero attached hydrogens (tertiary/aromatic N) is 1. The normalized spacial score (nSPS) is 17.1. The molecule has 0 aromatic heterocycles. The molecule has 0 saturated carbocycles. The first kappa shape index (κ1) is 36.0. The summed E-state index contributed by atoms with van der Waals surface area (Å²) in [7, 11) is 4.68. The molecule has 1 heterocycles. The van der Waals surface area contributed by atoms with Crippen LogP contribution < -0.4 is 29.8 Å². The van der Waals surface area contributed by atoms with Crippen LogP contribution >= 0.6 is 0 Å². The van der Waals surface area contributed by atoms with E-state index in [0.29, 0.717) is 47.2 Å². The number of carbonyl (C=O) groups excluding carboxylic acids is 2. The van der Waals surface area contributed by atoms with E-state index in [9.17, 15) is 9.59 Å². The molecule has 0 fully saturated rings. The van der Waals surface area contributed by atoms with Gasteiger partial charge in [0.25, 0.3) is 5.91 Å². The third-order valence-electron chi connectivity index (χ3n) is 7.53. The molecule has 48 heavy (non-hydrogen) atoms. The number of aliphatic imine (C=N–C) groups is 1. The number of nitrogens with one attached hydrogen (secondary N) is 2. The zero-order valence-electron chi connectivity index (χ0n) is 28.3. The maximum Gasteiger partial charge on any atom is 0.306 e. The molecule has 1 aliphatic rings. The number of esters is 1. The Bertz CT molecular complexity index is 1570. The lowest BCUT2D eigenvalue weighted by atomic mass is 9.83. The van der Waals surface area contributed by atoms with Crippen LogP contribution in [0.2, 0.25) is 0 Å². The monoisotopic (exact) mass is 663 g/mol. The van der Waals surface area contributed by atoms with Crippen molar-refractivity contribution >= 4 is 17.8 Å². The molecule has 2 atom stereocenters. The maximum atomic E-state index is 14.4. The number of carbonyl (C=O) groups is 2. The number of ether oxygens (including phenoxy) is 6. The van der Waals surface area contributed by atoms with Crippen LogP contribution in [0.1, 0.15) is 62.8 Å². The van der Waals surface area contributed by atoms with E-state index < -0.39 is 29.1 Å². The van der Waals surface area contributed by atoms with Gasteiger partial charge < -0.3 is 33.5 Å². The molecular formula is C36H45N3O9. The predicted octanol–water partition coefficient (Wildman–Crippen LogP) is 4.67. The van der Waals surface area contributed by atoms with E-state index in [4.69, 9.17) is 38.5 Å². The number of amides is 1. The van der Waals surface area contributed by atoms with Crippen LogP contribution in [-0.2, 0) is 25.6 Å². The Morgan fingerprint density at radius 2 is 1.65 bits per heavy atom. The lowest BCUT2D eigenvalue weighted by Crippen LogP contribution is -2.52. The molecule has 12 heteroatoms. The molecule has 1 aliphatic heterocycles. The Morgan fingerprint density at radius 1 is 0.938 bits per heavy atom. The Balaban J connectivity index is 1.70. The summed E-state index contributed by atoms with van der Waals surface area (Å²) in [5.74, 6) is 1.64. The second-order valence-corrected chi connectivity index (χ2v) is 12.1. The topological polar surface area (TPSA) is 146 Å². The van der Waals surface area contributed by atoms with E-state index in [1.807, 2.05) is 12.1 Å². The smallest absolute Gasteiger partial charge is 0.306 e. The molecule has 258 valence electrons. The van der Waals surface area contributed by atoms with Gasteiger partial charge in [0.1, 0.15) is 28.6 Å². The Hall–Kier alpha value is -4.81. The third-order valence-corrected chi connectivity index (χ3v) is 7.53. The van der Waals surface area contributed by atoms with E-state index in [1.54, 1.807) is 96.7 Å². The summed E-state index contributed by atoms with van der Waals surface area (Å²) in [6, 6.07) is 19.7. The third kappa shape index (κ3) is 9.17. The van der Waals surface area contributed by atoms with Crippen molar-refractivity contribution in [3.63, 3.8) is 0 Å². The minimum absolute atomic E-state index is 0.0188. The van der Waals surface area contributed by atoms with Gasteiger partial charge in [0.2, 0.25) is 5.90 Å². The van der Waals surface area contributed by atoms with Crippen LogP contribution in [0.3, 0.4) is 0 Å². The van der Waals surface area contributed by atoms with Crippen molar-refractivity contribution in [2.24, 2.45) is 4.99 Å². The number of hydrogen-bond acceptors (Lipinski definition) is 11. The minimum atomic E-state index is -1.59. The van der Waals surface area contributed by atoms with Gasteiger partial charge in [0.15, 0.2) is 11.6 Å². The standard InChI is InChI=1S/C36H45N3O9/c1-35(2,3)48-31(41)17-18-36(34(42)39-37-23-26-13-16-29(44-5)22-30(26)45-6)32(25-9-7-10-28(21-25)43-4)47-33(38-36)24-11-14-27(15-12-24)46-20-8-19-40/h7,9-16,21-22,32,37,40H,8,17-20,23H2,1-6H3,(H,39,42)/t32-,36-/m0/s1. The fourth-order valence-electron chi connectivity index (χ4n) is 5.19. The number of hydrazine groups is 1. The van der Waals surface area contributed by atoms with Gasteiger partial charge >= 0.3 is 5.97 Å². The van der Waals surface area contributed by atoms with E-state index in [1.165, 1.54) is 0 Å². The van der Waals surface area contributed by atoms with E-state index >= 15 is 0 Å². The molecule has 0 unspecified atom stereocenters. The molecule has 3 N–H and O–H groups in total.